The first-order valence-electron chi connectivity index (χ1n) is 6.17. The van der Waals surface area contributed by atoms with Crippen LogP contribution < -0.4 is 0 Å². The molecule has 1 heterocycles. The molecule has 0 N–H and O–H groups in total. The van der Waals surface area contributed by atoms with Gasteiger partial charge in [0, 0.05) is 12.5 Å². The number of allylic oxidation sites excluding steroid dienone is 1. The van der Waals surface area contributed by atoms with Crippen molar-refractivity contribution in [1.29, 1.82) is 0 Å². The Morgan fingerprint density at radius 3 is 2.65 bits per heavy atom. The average molecular weight is 242 g/mol. The van der Waals surface area contributed by atoms with Crippen LogP contribution in [0.5, 0.6) is 0 Å². The van der Waals surface area contributed by atoms with Crippen LogP contribution in [0.2, 0.25) is 0 Å². The number of hydrogen-bond donors (Lipinski definition) is 0. The SMILES string of the molecule is CCOC(=O)/C=C(\C)CCCC1(C)OCCO1. The van der Waals surface area contributed by atoms with E-state index in [1.165, 1.54) is 0 Å². The first kappa shape index (κ1) is 14.2. The van der Waals surface area contributed by atoms with Crippen LogP contribution in [0.25, 0.3) is 0 Å². The fourth-order valence-electron chi connectivity index (χ4n) is 1.85. The van der Waals surface area contributed by atoms with Crippen molar-refractivity contribution in [1.82, 2.24) is 0 Å². The standard InChI is InChI=1S/C13H22O4/c1-4-15-12(14)10-11(2)6-5-7-13(3)16-8-9-17-13/h10H,4-9H2,1-3H3/b11-10+. The molecule has 1 saturated heterocycles. The van der Waals surface area contributed by atoms with Crippen molar-refractivity contribution in [2.45, 2.75) is 45.8 Å². The van der Waals surface area contributed by atoms with Gasteiger partial charge >= 0.3 is 5.97 Å². The van der Waals surface area contributed by atoms with Crippen LogP contribution in [-0.2, 0) is 19.0 Å². The molecule has 0 aliphatic carbocycles. The third-order valence-corrected chi connectivity index (χ3v) is 2.75. The molecule has 0 aromatic rings. The van der Waals surface area contributed by atoms with Crippen molar-refractivity contribution in [3.05, 3.63) is 11.6 Å². The molecule has 4 nitrogen and oxygen atoms in total. The van der Waals surface area contributed by atoms with Gasteiger partial charge < -0.3 is 14.2 Å². The summed E-state index contributed by atoms with van der Waals surface area (Å²) in [6.45, 7) is 7.47. The second-order valence-electron chi connectivity index (χ2n) is 4.43. The molecule has 0 bridgehead atoms. The van der Waals surface area contributed by atoms with Crippen molar-refractivity contribution in [2.24, 2.45) is 0 Å². The zero-order chi connectivity index (χ0) is 12.7. The lowest BCUT2D eigenvalue weighted by atomic mass is 10.1. The minimum atomic E-state index is -0.426. The van der Waals surface area contributed by atoms with Gasteiger partial charge in [-0.3, -0.25) is 0 Å². The maximum atomic E-state index is 11.2. The maximum absolute atomic E-state index is 11.2. The summed E-state index contributed by atoms with van der Waals surface area (Å²) in [5.74, 6) is -0.686. The van der Waals surface area contributed by atoms with Crippen LogP contribution in [0, 0.1) is 0 Å². The molecule has 98 valence electrons. The second kappa shape index (κ2) is 6.77. The molecule has 1 aliphatic heterocycles. The van der Waals surface area contributed by atoms with Gasteiger partial charge in [0.25, 0.3) is 0 Å². The van der Waals surface area contributed by atoms with Crippen LogP contribution in [0.1, 0.15) is 40.0 Å². The van der Waals surface area contributed by atoms with Crippen molar-refractivity contribution in [3.63, 3.8) is 0 Å². The van der Waals surface area contributed by atoms with Gasteiger partial charge in [0.15, 0.2) is 5.79 Å². The minimum absolute atomic E-state index is 0.260. The lowest BCUT2D eigenvalue weighted by molar-refractivity contribution is -0.147. The number of esters is 1. The Bertz CT molecular complexity index is 277. The van der Waals surface area contributed by atoms with E-state index in [1.807, 2.05) is 13.8 Å². The quantitative estimate of drug-likeness (QED) is 0.530. The smallest absolute Gasteiger partial charge is 0.330 e. The summed E-state index contributed by atoms with van der Waals surface area (Å²) >= 11 is 0. The summed E-state index contributed by atoms with van der Waals surface area (Å²) in [5.41, 5.74) is 1.03. The molecule has 1 aliphatic rings. The van der Waals surface area contributed by atoms with E-state index in [1.54, 1.807) is 13.0 Å². The number of carbonyl (C=O) groups is 1. The average Bonchev–Trinajstić information content (AvgIpc) is 2.65. The van der Waals surface area contributed by atoms with Crippen LogP contribution in [-0.4, -0.2) is 31.6 Å². The van der Waals surface area contributed by atoms with Crippen molar-refractivity contribution < 1.29 is 19.0 Å². The van der Waals surface area contributed by atoms with Crippen LogP contribution in [0.3, 0.4) is 0 Å². The van der Waals surface area contributed by atoms with E-state index >= 15 is 0 Å². The summed E-state index contributed by atoms with van der Waals surface area (Å²) in [6, 6.07) is 0. The van der Waals surface area contributed by atoms with Crippen molar-refractivity contribution in [2.75, 3.05) is 19.8 Å². The molecule has 0 spiro atoms. The highest BCUT2D eigenvalue weighted by Crippen LogP contribution is 2.25. The summed E-state index contributed by atoms with van der Waals surface area (Å²) in [4.78, 5) is 11.2. The van der Waals surface area contributed by atoms with E-state index in [2.05, 4.69) is 0 Å². The van der Waals surface area contributed by atoms with Gasteiger partial charge in [-0.25, -0.2) is 4.79 Å². The Morgan fingerprint density at radius 2 is 2.06 bits per heavy atom. The minimum Gasteiger partial charge on any atom is -0.463 e. The van der Waals surface area contributed by atoms with Gasteiger partial charge in [0.1, 0.15) is 0 Å². The van der Waals surface area contributed by atoms with Gasteiger partial charge in [-0.05, 0) is 33.6 Å². The van der Waals surface area contributed by atoms with Gasteiger partial charge in [-0.2, -0.15) is 0 Å². The second-order valence-corrected chi connectivity index (χ2v) is 4.43. The van der Waals surface area contributed by atoms with Gasteiger partial charge in [-0.15, -0.1) is 0 Å². The number of rotatable bonds is 6. The molecule has 0 aromatic heterocycles. The molecule has 0 amide bonds. The highest BCUT2D eigenvalue weighted by atomic mass is 16.7. The third kappa shape index (κ3) is 5.33. The number of hydrogen-bond acceptors (Lipinski definition) is 4. The summed E-state index contributed by atoms with van der Waals surface area (Å²) in [5, 5.41) is 0. The lowest BCUT2D eigenvalue weighted by Gasteiger charge is -2.21. The fraction of sp³-hybridized carbons (Fsp3) is 0.769. The highest BCUT2D eigenvalue weighted by Gasteiger charge is 2.29. The molecule has 1 fully saturated rings. The zero-order valence-electron chi connectivity index (χ0n) is 11.0. The van der Waals surface area contributed by atoms with Gasteiger partial charge in [0.05, 0.1) is 19.8 Å². The molecule has 4 heteroatoms. The fourth-order valence-corrected chi connectivity index (χ4v) is 1.85. The molecule has 0 radical (unpaired) electrons. The Hall–Kier alpha value is -0.870. The number of ether oxygens (including phenoxy) is 3. The van der Waals surface area contributed by atoms with E-state index in [0.29, 0.717) is 19.8 Å². The molecule has 0 unspecified atom stereocenters. The molecular formula is C13H22O4. The van der Waals surface area contributed by atoms with Gasteiger partial charge in [0.2, 0.25) is 0 Å². The van der Waals surface area contributed by atoms with E-state index in [0.717, 1.165) is 24.8 Å². The predicted octanol–water partition coefficient (Wildman–Crippen LogP) is 2.43. The van der Waals surface area contributed by atoms with Crippen LogP contribution in [0.4, 0.5) is 0 Å². The molecule has 0 atom stereocenters. The largest absolute Gasteiger partial charge is 0.463 e. The van der Waals surface area contributed by atoms with Gasteiger partial charge in [-0.1, -0.05) is 5.57 Å². The van der Waals surface area contributed by atoms with Crippen LogP contribution >= 0.6 is 0 Å². The highest BCUT2D eigenvalue weighted by molar-refractivity contribution is 5.82. The summed E-state index contributed by atoms with van der Waals surface area (Å²) in [6.07, 6.45) is 4.21. The van der Waals surface area contributed by atoms with Crippen molar-refractivity contribution in [3.8, 4) is 0 Å². The van der Waals surface area contributed by atoms with E-state index in [9.17, 15) is 4.79 Å². The maximum Gasteiger partial charge on any atom is 0.330 e. The first-order chi connectivity index (χ1) is 8.06. The molecule has 17 heavy (non-hydrogen) atoms. The molecule has 1 rings (SSSR count). The Morgan fingerprint density at radius 1 is 1.41 bits per heavy atom. The summed E-state index contributed by atoms with van der Waals surface area (Å²) < 4.78 is 15.9. The van der Waals surface area contributed by atoms with E-state index < -0.39 is 5.79 Å². The Kier molecular flexibility index (Phi) is 5.65. The predicted molar refractivity (Wildman–Crippen MR) is 64.6 cm³/mol. The van der Waals surface area contributed by atoms with Crippen LogP contribution in [0.15, 0.2) is 11.6 Å². The zero-order valence-corrected chi connectivity index (χ0v) is 11.0. The third-order valence-electron chi connectivity index (χ3n) is 2.75. The topological polar surface area (TPSA) is 44.8 Å². The summed E-state index contributed by atoms with van der Waals surface area (Å²) in [7, 11) is 0. The molecular weight excluding hydrogens is 220 g/mol. The lowest BCUT2D eigenvalue weighted by Crippen LogP contribution is -2.25. The number of carbonyl (C=O) groups excluding carboxylic acids is 1. The van der Waals surface area contributed by atoms with Crippen molar-refractivity contribution >= 4 is 5.97 Å². The molecule has 0 saturated carbocycles. The molecule has 0 aromatic carbocycles. The van der Waals surface area contributed by atoms with E-state index in [-0.39, 0.29) is 5.97 Å². The Balaban J connectivity index is 2.23. The monoisotopic (exact) mass is 242 g/mol. The first-order valence-corrected chi connectivity index (χ1v) is 6.17. The Labute approximate surface area is 103 Å². The van der Waals surface area contributed by atoms with E-state index in [4.69, 9.17) is 14.2 Å². The normalized spacial score (nSPS) is 19.4.